The highest BCUT2D eigenvalue weighted by atomic mass is 19.1. The molecule has 0 unspecified atom stereocenters. The van der Waals surface area contributed by atoms with E-state index in [4.69, 9.17) is 4.52 Å². The van der Waals surface area contributed by atoms with Gasteiger partial charge in [-0.1, -0.05) is 17.3 Å². The molecule has 1 fully saturated rings. The quantitative estimate of drug-likeness (QED) is 0.656. The predicted octanol–water partition coefficient (Wildman–Crippen LogP) is 4.07. The van der Waals surface area contributed by atoms with Gasteiger partial charge in [-0.25, -0.2) is 4.39 Å². The van der Waals surface area contributed by atoms with Gasteiger partial charge in [0.1, 0.15) is 17.8 Å². The lowest BCUT2D eigenvalue weighted by Crippen LogP contribution is -2.48. The molecule has 1 aliphatic rings. The van der Waals surface area contributed by atoms with Crippen molar-refractivity contribution in [2.45, 2.75) is 19.8 Å². The Hall–Kier alpha value is -3.15. The molecule has 1 amide bonds. The molecule has 0 N–H and O–H groups in total. The molecule has 0 atom stereocenters. The van der Waals surface area contributed by atoms with Crippen molar-refractivity contribution in [2.24, 2.45) is 0 Å². The fourth-order valence-corrected chi connectivity index (χ4v) is 3.72. The van der Waals surface area contributed by atoms with E-state index in [1.54, 1.807) is 18.4 Å². The van der Waals surface area contributed by atoms with Crippen molar-refractivity contribution < 1.29 is 13.7 Å². The normalized spacial score (nSPS) is 14.3. The first-order valence-corrected chi connectivity index (χ1v) is 9.89. The van der Waals surface area contributed by atoms with Crippen LogP contribution in [0.1, 0.15) is 17.5 Å². The summed E-state index contributed by atoms with van der Waals surface area (Å²) in [6.07, 6.45) is 2.52. The number of nitrogens with zero attached hydrogens (tertiary/aromatic N) is 3. The van der Waals surface area contributed by atoms with Gasteiger partial charge in [-0.2, -0.15) is 0 Å². The number of anilines is 1. The Morgan fingerprint density at radius 2 is 1.86 bits per heavy atom. The number of carbonyl (C=O) groups is 1. The van der Waals surface area contributed by atoms with Gasteiger partial charge in [-0.15, -0.1) is 0 Å². The maximum Gasteiger partial charge on any atom is 0.223 e. The van der Waals surface area contributed by atoms with E-state index in [0.29, 0.717) is 18.5 Å². The van der Waals surface area contributed by atoms with Gasteiger partial charge in [0.05, 0.1) is 0 Å². The smallest absolute Gasteiger partial charge is 0.223 e. The van der Waals surface area contributed by atoms with E-state index in [9.17, 15) is 9.18 Å². The summed E-state index contributed by atoms with van der Waals surface area (Å²) in [6.45, 7) is 5.21. The van der Waals surface area contributed by atoms with Crippen molar-refractivity contribution in [1.82, 2.24) is 10.1 Å². The van der Waals surface area contributed by atoms with Crippen LogP contribution < -0.4 is 4.90 Å². The summed E-state index contributed by atoms with van der Waals surface area (Å²) >= 11 is 0. The Balaban J connectivity index is 1.32. The first-order chi connectivity index (χ1) is 14.1. The average Bonchev–Trinajstić information content (AvgIpc) is 3.21. The molecule has 4 rings (SSSR count). The van der Waals surface area contributed by atoms with Crippen LogP contribution in [0.15, 0.2) is 59.3 Å². The lowest BCUT2D eigenvalue weighted by molar-refractivity contribution is -0.131. The van der Waals surface area contributed by atoms with E-state index in [1.165, 1.54) is 23.4 Å². The van der Waals surface area contributed by atoms with Crippen molar-refractivity contribution in [3.05, 3.63) is 71.7 Å². The van der Waals surface area contributed by atoms with Crippen LogP contribution in [0.2, 0.25) is 0 Å². The molecule has 1 aromatic heterocycles. The zero-order valence-electron chi connectivity index (χ0n) is 16.5. The van der Waals surface area contributed by atoms with Crippen LogP contribution in [-0.2, 0) is 11.2 Å². The molecule has 150 valence electrons. The van der Waals surface area contributed by atoms with Gasteiger partial charge < -0.3 is 14.3 Å². The molecular formula is C23H24FN3O2. The maximum absolute atomic E-state index is 13.1. The molecular weight excluding hydrogens is 369 g/mol. The summed E-state index contributed by atoms with van der Waals surface area (Å²) in [7, 11) is 0. The van der Waals surface area contributed by atoms with Gasteiger partial charge >= 0.3 is 0 Å². The van der Waals surface area contributed by atoms with Crippen LogP contribution in [0.4, 0.5) is 10.1 Å². The second-order valence-electron chi connectivity index (χ2n) is 7.40. The van der Waals surface area contributed by atoms with Crippen molar-refractivity contribution in [3.8, 4) is 11.3 Å². The van der Waals surface area contributed by atoms with Crippen LogP contribution in [0, 0.1) is 12.7 Å². The minimum atomic E-state index is -0.293. The predicted molar refractivity (Wildman–Crippen MR) is 110 cm³/mol. The van der Waals surface area contributed by atoms with Crippen molar-refractivity contribution >= 4 is 11.6 Å². The van der Waals surface area contributed by atoms with E-state index in [0.717, 1.165) is 37.3 Å². The number of aromatic nitrogens is 1. The number of halogens is 1. The molecule has 1 aliphatic heterocycles. The van der Waals surface area contributed by atoms with Gasteiger partial charge in [0.15, 0.2) is 0 Å². The molecule has 0 spiro atoms. The second-order valence-corrected chi connectivity index (χ2v) is 7.40. The summed E-state index contributed by atoms with van der Waals surface area (Å²) in [5, 5.41) is 4.03. The van der Waals surface area contributed by atoms with Gasteiger partial charge in [0.25, 0.3) is 0 Å². The Bertz CT molecular complexity index is 976. The number of rotatable bonds is 5. The van der Waals surface area contributed by atoms with E-state index < -0.39 is 0 Å². The third kappa shape index (κ3) is 4.47. The SMILES string of the molecule is Cc1cccc(N2CCN(C(=O)CCc3conc3-c3ccc(F)cc3)CC2)c1. The van der Waals surface area contributed by atoms with E-state index in [2.05, 4.69) is 41.2 Å². The largest absolute Gasteiger partial charge is 0.368 e. The van der Waals surface area contributed by atoms with Gasteiger partial charge in [-0.05, 0) is 55.3 Å². The van der Waals surface area contributed by atoms with E-state index >= 15 is 0 Å². The van der Waals surface area contributed by atoms with Crippen molar-refractivity contribution in [3.63, 3.8) is 0 Å². The number of amides is 1. The maximum atomic E-state index is 13.1. The first kappa shape index (κ1) is 19.2. The zero-order chi connectivity index (χ0) is 20.2. The Kier molecular flexibility index (Phi) is 5.60. The lowest BCUT2D eigenvalue weighted by Gasteiger charge is -2.36. The lowest BCUT2D eigenvalue weighted by atomic mass is 10.0. The molecule has 6 heteroatoms. The Morgan fingerprint density at radius 1 is 1.10 bits per heavy atom. The molecule has 0 bridgehead atoms. The Labute approximate surface area is 169 Å². The minimum absolute atomic E-state index is 0.139. The topological polar surface area (TPSA) is 49.6 Å². The van der Waals surface area contributed by atoms with Crippen LogP contribution in [0.3, 0.4) is 0 Å². The number of hydrogen-bond acceptors (Lipinski definition) is 4. The summed E-state index contributed by atoms with van der Waals surface area (Å²) < 4.78 is 18.3. The highest BCUT2D eigenvalue weighted by Crippen LogP contribution is 2.24. The molecule has 0 saturated carbocycles. The van der Waals surface area contributed by atoms with Gasteiger partial charge in [0, 0.05) is 49.4 Å². The molecule has 5 nitrogen and oxygen atoms in total. The fourth-order valence-electron chi connectivity index (χ4n) is 3.72. The average molecular weight is 393 g/mol. The minimum Gasteiger partial charge on any atom is -0.368 e. The van der Waals surface area contributed by atoms with E-state index in [-0.39, 0.29) is 11.7 Å². The fraction of sp³-hybridized carbons (Fsp3) is 0.304. The van der Waals surface area contributed by atoms with Crippen LogP contribution >= 0.6 is 0 Å². The standard InChI is InChI=1S/C23H24FN3O2/c1-17-3-2-4-21(15-17)26-11-13-27(14-12-26)22(28)10-7-19-16-29-25-23(19)18-5-8-20(24)9-6-18/h2-6,8-9,15-16H,7,10-14H2,1H3. The first-order valence-electron chi connectivity index (χ1n) is 9.89. The monoisotopic (exact) mass is 393 g/mol. The van der Waals surface area contributed by atoms with E-state index in [1.807, 2.05) is 4.90 Å². The molecule has 2 heterocycles. The third-order valence-electron chi connectivity index (χ3n) is 5.37. The zero-order valence-corrected chi connectivity index (χ0v) is 16.5. The van der Waals surface area contributed by atoms with Crippen LogP contribution in [0.25, 0.3) is 11.3 Å². The molecule has 1 saturated heterocycles. The van der Waals surface area contributed by atoms with Crippen molar-refractivity contribution in [2.75, 3.05) is 31.1 Å². The molecule has 0 radical (unpaired) electrons. The highest BCUT2D eigenvalue weighted by Gasteiger charge is 2.22. The number of aryl methyl sites for hydroxylation is 2. The van der Waals surface area contributed by atoms with Crippen LogP contribution in [0.5, 0.6) is 0 Å². The molecule has 3 aromatic rings. The third-order valence-corrected chi connectivity index (χ3v) is 5.37. The molecule has 2 aromatic carbocycles. The number of carbonyl (C=O) groups excluding carboxylic acids is 1. The summed E-state index contributed by atoms with van der Waals surface area (Å²) in [5.41, 5.74) is 4.77. The molecule has 0 aliphatic carbocycles. The summed E-state index contributed by atoms with van der Waals surface area (Å²) in [6, 6.07) is 14.6. The number of piperazine rings is 1. The summed E-state index contributed by atoms with van der Waals surface area (Å²) in [5.74, 6) is -0.154. The number of benzene rings is 2. The Morgan fingerprint density at radius 3 is 2.59 bits per heavy atom. The van der Waals surface area contributed by atoms with Crippen LogP contribution in [-0.4, -0.2) is 42.1 Å². The van der Waals surface area contributed by atoms with Crippen molar-refractivity contribution in [1.29, 1.82) is 0 Å². The summed E-state index contributed by atoms with van der Waals surface area (Å²) in [4.78, 5) is 16.9. The highest BCUT2D eigenvalue weighted by molar-refractivity contribution is 5.77. The van der Waals surface area contributed by atoms with Gasteiger partial charge in [-0.3, -0.25) is 4.79 Å². The second kappa shape index (κ2) is 8.47. The number of hydrogen-bond donors (Lipinski definition) is 0. The van der Waals surface area contributed by atoms with Gasteiger partial charge in [0.2, 0.25) is 5.91 Å². The molecule has 29 heavy (non-hydrogen) atoms.